The first-order valence-electron chi connectivity index (χ1n) is 12.5. The van der Waals surface area contributed by atoms with Crippen LogP contribution in [0.25, 0.3) is 0 Å². The normalized spacial score (nSPS) is 20.6. The maximum absolute atomic E-state index is 13.2. The average Bonchev–Trinajstić information content (AvgIpc) is 3.54. The van der Waals surface area contributed by atoms with E-state index >= 15 is 0 Å². The molecule has 0 aliphatic carbocycles. The lowest BCUT2D eigenvalue weighted by Crippen LogP contribution is -2.56. The van der Waals surface area contributed by atoms with Crippen LogP contribution >= 0.6 is 22.7 Å². The smallest absolute Gasteiger partial charge is 0.228 e. The van der Waals surface area contributed by atoms with Crippen molar-refractivity contribution in [3.8, 4) is 0 Å². The Morgan fingerprint density at radius 3 is 2.54 bits per heavy atom. The minimum Gasteiger partial charge on any atom is -0.339 e. The van der Waals surface area contributed by atoms with Crippen molar-refractivity contribution < 1.29 is 9.59 Å². The van der Waals surface area contributed by atoms with Gasteiger partial charge in [0.1, 0.15) is 0 Å². The van der Waals surface area contributed by atoms with Crippen molar-refractivity contribution in [1.29, 1.82) is 0 Å². The largest absolute Gasteiger partial charge is 0.339 e. The second-order valence-corrected chi connectivity index (χ2v) is 11.7. The van der Waals surface area contributed by atoms with E-state index in [1.54, 1.807) is 11.3 Å². The van der Waals surface area contributed by atoms with Crippen molar-refractivity contribution in [2.45, 2.75) is 45.2 Å². The van der Waals surface area contributed by atoms with Crippen LogP contribution in [0.15, 0.2) is 53.2 Å². The molecular weight excluding hydrogens is 474 g/mol. The minimum atomic E-state index is 0.0452. The molecule has 0 saturated carbocycles. The fraction of sp³-hybridized carbons (Fsp3) is 0.429. The molecule has 35 heavy (non-hydrogen) atoms. The van der Waals surface area contributed by atoms with E-state index in [4.69, 9.17) is 0 Å². The summed E-state index contributed by atoms with van der Waals surface area (Å²) < 4.78 is 0. The van der Waals surface area contributed by atoms with Gasteiger partial charge >= 0.3 is 0 Å². The van der Waals surface area contributed by atoms with Crippen molar-refractivity contribution in [3.05, 3.63) is 79.7 Å². The highest BCUT2D eigenvalue weighted by Gasteiger charge is 2.32. The SMILES string of the molecule is Cc1ccc([C@@H]2c3ccsc3CCN2CCC(=O)N2CCN(C(=O)Cc3cccs3)[C@@H](C)C2)cc1. The first kappa shape index (κ1) is 24.2. The van der Waals surface area contributed by atoms with Gasteiger partial charge in [0, 0.05) is 54.9 Å². The topological polar surface area (TPSA) is 43.9 Å². The number of benzene rings is 1. The van der Waals surface area contributed by atoms with Gasteiger partial charge < -0.3 is 9.80 Å². The molecule has 0 unspecified atom stereocenters. The number of hydrogen-bond donors (Lipinski definition) is 0. The van der Waals surface area contributed by atoms with Gasteiger partial charge in [-0.05, 0) is 54.3 Å². The summed E-state index contributed by atoms with van der Waals surface area (Å²) in [5.74, 6) is 0.355. The molecule has 3 aromatic rings. The van der Waals surface area contributed by atoms with Crippen LogP contribution in [0, 0.1) is 6.92 Å². The van der Waals surface area contributed by atoms with Crippen molar-refractivity contribution in [3.63, 3.8) is 0 Å². The molecule has 0 bridgehead atoms. The Kier molecular flexibility index (Phi) is 7.37. The summed E-state index contributed by atoms with van der Waals surface area (Å²) in [6.07, 6.45) is 2.01. The zero-order valence-electron chi connectivity index (χ0n) is 20.5. The van der Waals surface area contributed by atoms with Crippen LogP contribution in [0.3, 0.4) is 0 Å². The van der Waals surface area contributed by atoms with Crippen LogP contribution in [0.5, 0.6) is 0 Å². The van der Waals surface area contributed by atoms with Gasteiger partial charge in [-0.2, -0.15) is 0 Å². The summed E-state index contributed by atoms with van der Waals surface area (Å²) in [5.41, 5.74) is 3.96. The van der Waals surface area contributed by atoms with Crippen LogP contribution in [-0.4, -0.2) is 65.3 Å². The molecule has 2 amide bonds. The minimum absolute atomic E-state index is 0.0452. The number of piperazine rings is 1. The fourth-order valence-electron chi connectivity index (χ4n) is 5.36. The second kappa shape index (κ2) is 10.6. The Morgan fingerprint density at radius 1 is 0.971 bits per heavy atom. The molecule has 1 saturated heterocycles. The van der Waals surface area contributed by atoms with Crippen LogP contribution in [0.1, 0.15) is 45.8 Å². The average molecular weight is 508 g/mol. The molecule has 5 rings (SSSR count). The Labute approximate surface area is 216 Å². The van der Waals surface area contributed by atoms with Gasteiger partial charge in [0.15, 0.2) is 0 Å². The number of hydrogen-bond acceptors (Lipinski definition) is 5. The van der Waals surface area contributed by atoms with E-state index in [2.05, 4.69) is 54.5 Å². The number of rotatable bonds is 6. The summed E-state index contributed by atoms with van der Waals surface area (Å²) in [5, 5.41) is 4.20. The highest BCUT2D eigenvalue weighted by molar-refractivity contribution is 7.10. The third-order valence-corrected chi connectivity index (χ3v) is 9.15. The van der Waals surface area contributed by atoms with E-state index in [9.17, 15) is 9.59 Å². The van der Waals surface area contributed by atoms with Crippen molar-refractivity contribution in [1.82, 2.24) is 14.7 Å². The van der Waals surface area contributed by atoms with Gasteiger partial charge in [-0.15, -0.1) is 22.7 Å². The lowest BCUT2D eigenvalue weighted by atomic mass is 9.92. The molecule has 184 valence electrons. The third-order valence-electron chi connectivity index (χ3n) is 7.28. The number of nitrogens with zero attached hydrogens (tertiary/aromatic N) is 3. The van der Waals surface area contributed by atoms with Crippen LogP contribution in [0.2, 0.25) is 0 Å². The molecule has 1 fully saturated rings. The van der Waals surface area contributed by atoms with Gasteiger partial charge in [-0.3, -0.25) is 14.5 Å². The summed E-state index contributed by atoms with van der Waals surface area (Å²) in [7, 11) is 0. The summed E-state index contributed by atoms with van der Waals surface area (Å²) in [6.45, 7) is 7.75. The zero-order valence-corrected chi connectivity index (χ0v) is 22.1. The number of thiophene rings is 2. The molecule has 7 heteroatoms. The molecule has 2 aliphatic heterocycles. The summed E-state index contributed by atoms with van der Waals surface area (Å²) >= 11 is 3.47. The predicted octanol–water partition coefficient (Wildman–Crippen LogP) is 4.76. The van der Waals surface area contributed by atoms with Gasteiger partial charge in [0.05, 0.1) is 12.5 Å². The first-order chi connectivity index (χ1) is 17.0. The standard InChI is InChI=1S/C28H33N3O2S2/c1-20-5-7-22(8-6-20)28-24-11-17-35-25(24)9-12-29(28)13-10-26(32)30-14-15-31(21(2)19-30)27(33)18-23-4-3-16-34-23/h3-8,11,16-17,21,28H,9-10,12-15,18-19H2,1-2H3/t21-,28+/m0/s1. The molecule has 2 atom stereocenters. The third kappa shape index (κ3) is 5.37. The van der Waals surface area contributed by atoms with Crippen LogP contribution in [-0.2, 0) is 22.4 Å². The molecule has 5 nitrogen and oxygen atoms in total. The highest BCUT2D eigenvalue weighted by atomic mass is 32.1. The summed E-state index contributed by atoms with van der Waals surface area (Å²) in [4.78, 5) is 34.9. The van der Waals surface area contributed by atoms with E-state index in [0.717, 1.165) is 24.4 Å². The van der Waals surface area contributed by atoms with E-state index in [-0.39, 0.29) is 23.9 Å². The zero-order chi connectivity index (χ0) is 24.4. The van der Waals surface area contributed by atoms with Crippen LogP contribution in [0.4, 0.5) is 0 Å². The van der Waals surface area contributed by atoms with E-state index in [0.29, 0.717) is 32.5 Å². The number of aryl methyl sites for hydroxylation is 1. The molecule has 0 N–H and O–H groups in total. The summed E-state index contributed by atoms with van der Waals surface area (Å²) in [6, 6.07) is 15.3. The fourth-order valence-corrected chi connectivity index (χ4v) is 6.96. The molecule has 4 heterocycles. The maximum atomic E-state index is 13.2. The lowest BCUT2D eigenvalue weighted by molar-refractivity contribution is -0.142. The molecule has 0 radical (unpaired) electrons. The molecule has 0 spiro atoms. The Hall–Kier alpha value is -2.48. The van der Waals surface area contributed by atoms with E-state index in [1.165, 1.54) is 21.6 Å². The van der Waals surface area contributed by atoms with Gasteiger partial charge in [-0.25, -0.2) is 0 Å². The van der Waals surface area contributed by atoms with Gasteiger partial charge in [-0.1, -0.05) is 35.9 Å². The van der Waals surface area contributed by atoms with E-state index in [1.807, 2.05) is 38.6 Å². The molecule has 1 aromatic carbocycles. The van der Waals surface area contributed by atoms with Crippen LogP contribution < -0.4 is 0 Å². The number of carbonyl (C=O) groups excluding carboxylic acids is 2. The lowest BCUT2D eigenvalue weighted by Gasteiger charge is -2.41. The Morgan fingerprint density at radius 2 is 1.80 bits per heavy atom. The van der Waals surface area contributed by atoms with Crippen molar-refractivity contribution in [2.24, 2.45) is 0 Å². The maximum Gasteiger partial charge on any atom is 0.228 e. The first-order valence-corrected chi connectivity index (χ1v) is 14.2. The van der Waals surface area contributed by atoms with Gasteiger partial charge in [0.25, 0.3) is 0 Å². The van der Waals surface area contributed by atoms with Gasteiger partial charge in [0.2, 0.25) is 11.8 Å². The molecular formula is C28H33N3O2S2. The Bertz CT molecular complexity index is 1160. The van der Waals surface area contributed by atoms with Crippen molar-refractivity contribution in [2.75, 3.05) is 32.7 Å². The Balaban J connectivity index is 1.19. The quantitative estimate of drug-likeness (QED) is 0.483. The predicted molar refractivity (Wildman–Crippen MR) is 143 cm³/mol. The van der Waals surface area contributed by atoms with E-state index < -0.39 is 0 Å². The molecule has 2 aromatic heterocycles. The second-order valence-electron chi connectivity index (χ2n) is 9.68. The van der Waals surface area contributed by atoms with Crippen molar-refractivity contribution >= 4 is 34.5 Å². The monoisotopic (exact) mass is 507 g/mol. The number of amides is 2. The molecule has 2 aliphatic rings. The number of fused-ring (bicyclic) bond motifs is 1. The number of carbonyl (C=O) groups is 2. The highest BCUT2D eigenvalue weighted by Crippen LogP contribution is 2.37.